The molecular formula is C21H17ClN4O5S. The molecule has 0 fully saturated rings. The highest BCUT2D eigenvalue weighted by molar-refractivity contribution is 7.91. The van der Waals surface area contributed by atoms with Gasteiger partial charge in [0.15, 0.2) is 9.84 Å². The van der Waals surface area contributed by atoms with Crippen molar-refractivity contribution in [2.24, 2.45) is 0 Å². The number of sulfone groups is 1. The molecule has 9 nitrogen and oxygen atoms in total. The van der Waals surface area contributed by atoms with Crippen molar-refractivity contribution in [1.82, 2.24) is 15.4 Å². The van der Waals surface area contributed by atoms with E-state index in [1.165, 1.54) is 12.1 Å². The van der Waals surface area contributed by atoms with Crippen LogP contribution in [0.15, 0.2) is 62.4 Å². The van der Waals surface area contributed by atoms with Crippen molar-refractivity contribution >= 4 is 33.4 Å². The second kappa shape index (κ2) is 8.56. The number of halogens is 1. The van der Waals surface area contributed by atoms with E-state index in [1.807, 2.05) is 0 Å². The van der Waals surface area contributed by atoms with Crippen LogP contribution in [-0.4, -0.2) is 35.4 Å². The first-order valence-corrected chi connectivity index (χ1v) is 11.5. The molecule has 0 spiro atoms. The topological polar surface area (TPSA) is 128 Å². The molecule has 0 aliphatic rings. The highest BCUT2D eigenvalue weighted by Gasteiger charge is 2.24. The monoisotopic (exact) mass is 472 g/mol. The van der Waals surface area contributed by atoms with Crippen LogP contribution in [0.5, 0.6) is 0 Å². The highest BCUT2D eigenvalue weighted by atomic mass is 35.5. The van der Waals surface area contributed by atoms with Gasteiger partial charge < -0.3 is 8.94 Å². The molecule has 0 aliphatic heterocycles. The van der Waals surface area contributed by atoms with Crippen molar-refractivity contribution in [2.45, 2.75) is 18.7 Å². The van der Waals surface area contributed by atoms with E-state index in [-0.39, 0.29) is 33.8 Å². The zero-order valence-corrected chi connectivity index (χ0v) is 18.6. The molecule has 2 aromatic heterocycles. The van der Waals surface area contributed by atoms with Crippen LogP contribution in [0.4, 0.5) is 6.01 Å². The van der Waals surface area contributed by atoms with Gasteiger partial charge in [-0.1, -0.05) is 47.0 Å². The maximum Gasteiger partial charge on any atom is 0.322 e. The molecular weight excluding hydrogens is 456 g/mol. The predicted octanol–water partition coefficient (Wildman–Crippen LogP) is 4.40. The van der Waals surface area contributed by atoms with Gasteiger partial charge in [-0.05, 0) is 37.3 Å². The number of benzene rings is 2. The Balaban J connectivity index is 1.57. The molecule has 0 saturated heterocycles. The maximum atomic E-state index is 12.9. The van der Waals surface area contributed by atoms with Crippen molar-refractivity contribution in [3.8, 4) is 22.7 Å². The molecule has 0 radical (unpaired) electrons. The molecule has 0 aliphatic carbocycles. The van der Waals surface area contributed by atoms with E-state index in [9.17, 15) is 13.2 Å². The van der Waals surface area contributed by atoms with E-state index in [0.717, 1.165) is 0 Å². The van der Waals surface area contributed by atoms with Gasteiger partial charge in [0.2, 0.25) is 5.89 Å². The summed E-state index contributed by atoms with van der Waals surface area (Å²) in [5, 5.41) is 14.7. The minimum Gasteiger partial charge on any atom is -0.403 e. The summed E-state index contributed by atoms with van der Waals surface area (Å²) in [6.45, 7) is 3.18. The Morgan fingerprint density at radius 2 is 1.81 bits per heavy atom. The quantitative estimate of drug-likeness (QED) is 0.437. The number of hydrogen-bond donors (Lipinski definition) is 1. The minimum atomic E-state index is -3.32. The molecule has 1 amide bonds. The fraction of sp³-hybridized carbons (Fsp3) is 0.143. The van der Waals surface area contributed by atoms with Crippen molar-refractivity contribution in [3.05, 3.63) is 64.9 Å². The molecule has 0 bridgehead atoms. The largest absolute Gasteiger partial charge is 0.403 e. The molecule has 2 heterocycles. The summed E-state index contributed by atoms with van der Waals surface area (Å²) >= 11 is 6.23. The predicted molar refractivity (Wildman–Crippen MR) is 117 cm³/mol. The SMILES string of the molecule is CCS(=O)(=O)c1ccc(-c2nnc(NC(=O)c3c(-c4ccccc4Cl)noc3C)o2)cc1. The first-order valence-electron chi connectivity index (χ1n) is 9.49. The molecule has 0 saturated carbocycles. The van der Waals surface area contributed by atoms with Gasteiger partial charge in [0.1, 0.15) is 17.0 Å². The van der Waals surface area contributed by atoms with Gasteiger partial charge in [0.25, 0.3) is 5.91 Å². The van der Waals surface area contributed by atoms with E-state index in [0.29, 0.717) is 21.9 Å². The molecule has 164 valence electrons. The highest BCUT2D eigenvalue weighted by Crippen LogP contribution is 2.31. The Morgan fingerprint density at radius 1 is 1.09 bits per heavy atom. The number of carbonyl (C=O) groups excluding carboxylic acids is 1. The number of nitrogens with one attached hydrogen (secondary N) is 1. The van der Waals surface area contributed by atoms with Gasteiger partial charge >= 0.3 is 6.01 Å². The van der Waals surface area contributed by atoms with Crippen molar-refractivity contribution in [3.63, 3.8) is 0 Å². The number of aromatic nitrogens is 3. The number of rotatable bonds is 6. The smallest absolute Gasteiger partial charge is 0.322 e. The number of nitrogens with zero attached hydrogens (tertiary/aromatic N) is 3. The van der Waals surface area contributed by atoms with E-state index >= 15 is 0 Å². The van der Waals surface area contributed by atoms with Crippen LogP contribution in [0.1, 0.15) is 23.0 Å². The summed E-state index contributed by atoms with van der Waals surface area (Å²) in [7, 11) is -3.32. The Morgan fingerprint density at radius 3 is 2.50 bits per heavy atom. The van der Waals surface area contributed by atoms with Crippen molar-refractivity contribution < 1.29 is 22.2 Å². The molecule has 4 rings (SSSR count). The summed E-state index contributed by atoms with van der Waals surface area (Å²) in [6.07, 6.45) is 0. The average molecular weight is 473 g/mol. The first-order chi connectivity index (χ1) is 15.3. The van der Waals surface area contributed by atoms with Gasteiger partial charge in [-0.25, -0.2) is 8.42 Å². The summed E-state index contributed by atoms with van der Waals surface area (Å²) in [5.74, 6) is -0.140. The van der Waals surface area contributed by atoms with Gasteiger partial charge in [0.05, 0.1) is 15.7 Å². The number of anilines is 1. The summed E-state index contributed by atoms with van der Waals surface area (Å²) in [5.41, 5.74) is 1.53. The van der Waals surface area contributed by atoms with E-state index in [4.69, 9.17) is 20.5 Å². The van der Waals surface area contributed by atoms with Crippen LogP contribution in [0, 0.1) is 6.92 Å². The second-order valence-electron chi connectivity index (χ2n) is 6.74. The van der Waals surface area contributed by atoms with E-state index in [1.54, 1.807) is 50.2 Å². The van der Waals surface area contributed by atoms with Crippen molar-refractivity contribution in [1.29, 1.82) is 0 Å². The van der Waals surface area contributed by atoms with E-state index < -0.39 is 15.7 Å². The van der Waals surface area contributed by atoms with Crippen LogP contribution >= 0.6 is 11.6 Å². The Hall–Kier alpha value is -3.50. The van der Waals surface area contributed by atoms with Crippen LogP contribution in [-0.2, 0) is 9.84 Å². The molecule has 11 heteroatoms. The first kappa shape index (κ1) is 21.7. The lowest BCUT2D eigenvalue weighted by molar-refractivity contribution is 0.102. The van der Waals surface area contributed by atoms with Gasteiger partial charge in [-0.2, -0.15) is 0 Å². The Kier molecular flexibility index (Phi) is 5.81. The molecule has 1 N–H and O–H groups in total. The number of amides is 1. The lowest BCUT2D eigenvalue weighted by Gasteiger charge is -2.04. The third kappa shape index (κ3) is 4.14. The second-order valence-corrected chi connectivity index (χ2v) is 9.42. The number of carbonyl (C=O) groups is 1. The zero-order valence-electron chi connectivity index (χ0n) is 17.0. The normalized spacial score (nSPS) is 11.5. The van der Waals surface area contributed by atoms with Gasteiger partial charge in [-0.15, -0.1) is 5.10 Å². The molecule has 0 unspecified atom stereocenters. The zero-order chi connectivity index (χ0) is 22.9. The summed E-state index contributed by atoms with van der Waals surface area (Å²) in [4.78, 5) is 13.1. The summed E-state index contributed by atoms with van der Waals surface area (Å²) < 4.78 is 34.6. The maximum absolute atomic E-state index is 12.9. The van der Waals surface area contributed by atoms with Crippen LogP contribution in [0.25, 0.3) is 22.7 Å². The lowest BCUT2D eigenvalue weighted by Crippen LogP contribution is -2.13. The lowest BCUT2D eigenvalue weighted by atomic mass is 10.1. The van der Waals surface area contributed by atoms with Crippen LogP contribution in [0.2, 0.25) is 5.02 Å². The van der Waals surface area contributed by atoms with Gasteiger partial charge in [0, 0.05) is 11.1 Å². The van der Waals surface area contributed by atoms with Crippen molar-refractivity contribution in [2.75, 3.05) is 11.1 Å². The molecule has 2 aromatic carbocycles. The summed E-state index contributed by atoms with van der Waals surface area (Å²) in [6, 6.07) is 12.9. The minimum absolute atomic E-state index is 0.00154. The van der Waals surface area contributed by atoms with Crippen LogP contribution in [0.3, 0.4) is 0 Å². The fourth-order valence-corrected chi connectivity index (χ4v) is 4.11. The molecule has 4 aromatic rings. The number of hydrogen-bond acceptors (Lipinski definition) is 8. The average Bonchev–Trinajstić information content (AvgIpc) is 3.41. The van der Waals surface area contributed by atoms with Crippen LogP contribution < -0.4 is 5.32 Å². The Labute approximate surface area is 188 Å². The number of aryl methyl sites for hydroxylation is 1. The van der Waals surface area contributed by atoms with Gasteiger partial charge in [-0.3, -0.25) is 10.1 Å². The molecule has 32 heavy (non-hydrogen) atoms. The molecule has 0 atom stereocenters. The Bertz CT molecular complexity index is 1390. The fourth-order valence-electron chi connectivity index (χ4n) is 3.00. The van der Waals surface area contributed by atoms with E-state index in [2.05, 4.69) is 20.7 Å². The standard InChI is InChI=1S/C21H17ClN4O5S/c1-3-32(28,29)14-10-8-13(9-11-14)20-24-25-21(30-20)23-19(27)17-12(2)31-26-18(17)15-6-4-5-7-16(15)22/h4-11H,3H2,1-2H3,(H,23,25,27). The third-order valence-corrected chi connectivity index (χ3v) is 6.78. The third-order valence-electron chi connectivity index (χ3n) is 4.70.